The number of methoxy groups -OCH3 is 1. The Morgan fingerprint density at radius 3 is 2.42 bits per heavy atom. The van der Waals surface area contributed by atoms with Crippen molar-refractivity contribution in [3.8, 4) is 28.4 Å². The molecule has 0 saturated carbocycles. The highest BCUT2D eigenvalue weighted by Gasteiger charge is 2.39. The van der Waals surface area contributed by atoms with Crippen LogP contribution in [0.15, 0.2) is 48.5 Å². The summed E-state index contributed by atoms with van der Waals surface area (Å²) in [7, 11) is -1.70. The van der Waals surface area contributed by atoms with E-state index in [0.29, 0.717) is 48.5 Å². The lowest BCUT2D eigenvalue weighted by Gasteiger charge is -2.22. The van der Waals surface area contributed by atoms with Gasteiger partial charge in [-0.25, -0.2) is 12.8 Å². The molecule has 0 unspecified atom stereocenters. The van der Waals surface area contributed by atoms with Gasteiger partial charge in [0.15, 0.2) is 0 Å². The zero-order valence-corrected chi connectivity index (χ0v) is 25.3. The van der Waals surface area contributed by atoms with Crippen molar-refractivity contribution in [3.05, 3.63) is 76.6 Å². The van der Waals surface area contributed by atoms with Gasteiger partial charge in [0, 0.05) is 34.7 Å². The van der Waals surface area contributed by atoms with Crippen LogP contribution in [-0.2, 0) is 32.0 Å². The minimum absolute atomic E-state index is 0.000873. The summed E-state index contributed by atoms with van der Waals surface area (Å²) < 4.78 is 104. The van der Waals surface area contributed by atoms with E-state index in [9.17, 15) is 26.4 Å². The van der Waals surface area contributed by atoms with Crippen molar-refractivity contribution < 1.29 is 49.7 Å². The molecule has 3 aromatic carbocycles. The van der Waals surface area contributed by atoms with Gasteiger partial charge < -0.3 is 18.9 Å². The lowest BCUT2D eigenvalue weighted by atomic mass is 9.91. The Labute approximate surface area is 258 Å². The van der Waals surface area contributed by atoms with E-state index in [1.807, 2.05) is 6.07 Å². The van der Waals surface area contributed by atoms with E-state index in [2.05, 4.69) is 0 Å². The average molecular weight is 649 g/mol. The van der Waals surface area contributed by atoms with Gasteiger partial charge in [-0.2, -0.15) is 13.2 Å². The van der Waals surface area contributed by atoms with Gasteiger partial charge in [0.25, 0.3) is 0 Å². The first kappa shape index (κ1) is 31.2. The second kappa shape index (κ2) is 12.2. The number of rotatable bonds is 8. The highest BCUT2D eigenvalue weighted by molar-refractivity contribution is 7.91. The van der Waals surface area contributed by atoms with Gasteiger partial charge in [-0.3, -0.25) is 4.79 Å². The number of alkyl halides is 3. The van der Waals surface area contributed by atoms with Crippen molar-refractivity contribution in [1.29, 1.82) is 0 Å². The lowest BCUT2D eigenvalue weighted by Crippen LogP contribution is -2.26. The van der Waals surface area contributed by atoms with Crippen LogP contribution in [0, 0.1) is 11.7 Å². The molecule has 0 bridgehead atoms. The van der Waals surface area contributed by atoms with Crippen molar-refractivity contribution in [2.45, 2.75) is 50.3 Å². The summed E-state index contributed by atoms with van der Waals surface area (Å²) in [6.07, 6.45) is -3.55. The van der Waals surface area contributed by atoms with E-state index in [-0.39, 0.29) is 65.6 Å². The molecule has 12 heteroatoms. The molecule has 0 aromatic heterocycles. The Morgan fingerprint density at radius 2 is 1.71 bits per heavy atom. The number of carbonyl (C=O) groups is 1. The van der Waals surface area contributed by atoms with Crippen molar-refractivity contribution in [3.63, 3.8) is 0 Å². The maximum absolute atomic E-state index is 15.5. The largest absolute Gasteiger partial charge is 0.493 e. The third-order valence-corrected chi connectivity index (χ3v) is 10.5. The Balaban J connectivity index is 1.23. The third-order valence-electron chi connectivity index (χ3n) is 8.81. The first-order chi connectivity index (χ1) is 21.4. The molecule has 6 rings (SSSR count). The first-order valence-corrected chi connectivity index (χ1v) is 16.6. The zero-order chi connectivity index (χ0) is 31.9. The molecule has 0 spiro atoms. The standard InChI is InChI=1S/C33H32F4O7S/c1-41-31(38)14-20-18-43-30-16-22(3-4-23(20)30)44-29-9-7-25-24(29)6-8-27(33(35,36)37)32(25)26-5-2-21(15-28(26)34)42-17-19-10-12-45(39,40)13-11-19/h2-6,8,15-16,19-20,29H,7,9-14,17-18H2,1H3/t20-,29-/m1/s1. The van der Waals surface area contributed by atoms with Crippen LogP contribution in [0.1, 0.15) is 60.0 Å². The van der Waals surface area contributed by atoms with Crippen LogP contribution in [0.25, 0.3) is 11.1 Å². The first-order valence-electron chi connectivity index (χ1n) is 14.8. The molecule has 1 saturated heterocycles. The molecule has 3 aliphatic rings. The molecule has 0 radical (unpaired) electrons. The van der Waals surface area contributed by atoms with E-state index in [4.69, 9.17) is 18.9 Å². The van der Waals surface area contributed by atoms with Crippen molar-refractivity contribution >= 4 is 15.8 Å². The second-order valence-electron chi connectivity index (χ2n) is 11.7. The Bertz CT molecular complexity index is 1710. The fourth-order valence-electron chi connectivity index (χ4n) is 6.39. The fraction of sp³-hybridized carbons (Fsp3) is 0.424. The summed E-state index contributed by atoms with van der Waals surface area (Å²) in [6.45, 7) is 0.519. The van der Waals surface area contributed by atoms with Gasteiger partial charge in [0.1, 0.15) is 39.0 Å². The molecule has 2 aliphatic heterocycles. The molecule has 2 heterocycles. The van der Waals surface area contributed by atoms with Gasteiger partial charge in [0.2, 0.25) is 0 Å². The van der Waals surface area contributed by atoms with Crippen molar-refractivity contribution in [2.75, 3.05) is 31.8 Å². The molecule has 0 N–H and O–H groups in total. The van der Waals surface area contributed by atoms with E-state index in [1.165, 1.54) is 25.3 Å². The highest BCUT2D eigenvalue weighted by atomic mass is 32.2. The summed E-state index contributed by atoms with van der Waals surface area (Å²) in [5.74, 6) is 0.0352. The molecule has 7 nitrogen and oxygen atoms in total. The number of sulfone groups is 1. The monoisotopic (exact) mass is 648 g/mol. The van der Waals surface area contributed by atoms with Crippen LogP contribution >= 0.6 is 0 Å². The minimum atomic E-state index is -4.72. The van der Waals surface area contributed by atoms with Crippen molar-refractivity contribution in [1.82, 2.24) is 0 Å². The lowest BCUT2D eigenvalue weighted by molar-refractivity contribution is -0.141. The van der Waals surface area contributed by atoms with Gasteiger partial charge in [-0.1, -0.05) is 12.1 Å². The smallest absolute Gasteiger partial charge is 0.417 e. The number of fused-ring (bicyclic) bond motifs is 2. The molecule has 1 fully saturated rings. The maximum Gasteiger partial charge on any atom is 0.417 e. The van der Waals surface area contributed by atoms with Crippen LogP contribution in [0.5, 0.6) is 17.2 Å². The summed E-state index contributed by atoms with van der Waals surface area (Å²) in [4.78, 5) is 11.7. The summed E-state index contributed by atoms with van der Waals surface area (Å²) in [5, 5.41) is 0. The Hall–Kier alpha value is -3.80. The van der Waals surface area contributed by atoms with E-state index in [0.717, 1.165) is 17.7 Å². The van der Waals surface area contributed by atoms with Gasteiger partial charge in [0.05, 0.1) is 43.8 Å². The number of carbonyl (C=O) groups excluding carboxylic acids is 1. The third kappa shape index (κ3) is 6.61. The van der Waals surface area contributed by atoms with Gasteiger partial charge >= 0.3 is 12.1 Å². The number of esters is 1. The normalized spacial score (nSPS) is 20.6. The van der Waals surface area contributed by atoms with E-state index < -0.39 is 33.5 Å². The number of benzene rings is 3. The highest BCUT2D eigenvalue weighted by Crippen LogP contribution is 2.48. The second-order valence-corrected chi connectivity index (χ2v) is 14.0. The predicted molar refractivity (Wildman–Crippen MR) is 157 cm³/mol. The number of halogens is 4. The van der Waals surface area contributed by atoms with Crippen LogP contribution in [0.3, 0.4) is 0 Å². The number of ether oxygens (including phenoxy) is 4. The summed E-state index contributed by atoms with van der Waals surface area (Å²) >= 11 is 0. The number of hydrogen-bond donors (Lipinski definition) is 0. The topological polar surface area (TPSA) is 88.1 Å². The predicted octanol–water partition coefficient (Wildman–Crippen LogP) is 6.82. The zero-order valence-electron chi connectivity index (χ0n) is 24.5. The van der Waals surface area contributed by atoms with Crippen LogP contribution in [0.4, 0.5) is 17.6 Å². The average Bonchev–Trinajstić information content (AvgIpc) is 3.59. The summed E-state index contributed by atoms with van der Waals surface area (Å²) in [5.41, 5.74) is 0.456. The van der Waals surface area contributed by atoms with Crippen LogP contribution < -0.4 is 14.2 Å². The molecule has 1 aliphatic carbocycles. The molecular weight excluding hydrogens is 616 g/mol. The summed E-state index contributed by atoms with van der Waals surface area (Å²) in [6, 6.07) is 11.5. The molecule has 2 atom stereocenters. The SMILES string of the molecule is COC(=O)C[C@@H]1COc2cc(O[C@@H]3CCc4c3ccc(C(F)(F)F)c4-c3ccc(OCC4CCS(=O)(=O)CC4)cc3F)ccc21. The molecule has 45 heavy (non-hydrogen) atoms. The maximum atomic E-state index is 15.5. The molecule has 240 valence electrons. The van der Waals surface area contributed by atoms with Crippen molar-refractivity contribution in [2.24, 2.45) is 5.92 Å². The van der Waals surface area contributed by atoms with Gasteiger partial charge in [-0.05, 0) is 67.0 Å². The van der Waals surface area contributed by atoms with E-state index >= 15 is 4.39 Å². The van der Waals surface area contributed by atoms with Gasteiger partial charge in [-0.15, -0.1) is 0 Å². The fourth-order valence-corrected chi connectivity index (χ4v) is 7.98. The van der Waals surface area contributed by atoms with E-state index in [1.54, 1.807) is 12.1 Å². The molecule has 0 amide bonds. The van der Waals surface area contributed by atoms with Crippen LogP contribution in [-0.4, -0.2) is 46.2 Å². The molecule has 3 aromatic rings. The number of hydrogen-bond acceptors (Lipinski definition) is 7. The Kier molecular flexibility index (Phi) is 8.45. The molecular formula is C33H32F4O7S. The Morgan fingerprint density at radius 1 is 0.978 bits per heavy atom. The van der Waals surface area contributed by atoms with Crippen LogP contribution in [0.2, 0.25) is 0 Å². The quantitative estimate of drug-likeness (QED) is 0.196. The minimum Gasteiger partial charge on any atom is -0.493 e.